The third-order valence-corrected chi connectivity index (χ3v) is 4.16. The fourth-order valence-electron chi connectivity index (χ4n) is 2.13. The molecule has 0 aromatic heterocycles. The highest BCUT2D eigenvalue weighted by Gasteiger charge is 2.29. The lowest BCUT2D eigenvalue weighted by Crippen LogP contribution is -2.46. The zero-order chi connectivity index (χ0) is 15.2. The lowest BCUT2D eigenvalue weighted by Gasteiger charge is -2.27. The van der Waals surface area contributed by atoms with E-state index in [4.69, 9.17) is 0 Å². The van der Waals surface area contributed by atoms with Gasteiger partial charge in [-0.3, -0.25) is 4.79 Å². The zero-order valence-corrected chi connectivity index (χ0v) is 12.4. The van der Waals surface area contributed by atoms with Crippen molar-refractivity contribution in [3.63, 3.8) is 0 Å². The Morgan fingerprint density at radius 2 is 1.80 bits per heavy atom. The van der Waals surface area contributed by atoms with Crippen LogP contribution in [0.15, 0.2) is 0 Å². The maximum absolute atomic E-state index is 11.6. The van der Waals surface area contributed by atoms with E-state index in [1.807, 2.05) is 0 Å². The highest BCUT2D eigenvalue weighted by atomic mass is 32.2. The topological polar surface area (TPSA) is 111 Å². The number of rotatable bonds is 5. The summed E-state index contributed by atoms with van der Waals surface area (Å²) < 4.78 is 36.6. The molecule has 1 amide bonds. The van der Waals surface area contributed by atoms with E-state index in [-0.39, 0.29) is 24.5 Å². The molecule has 0 aromatic rings. The van der Waals surface area contributed by atoms with Crippen molar-refractivity contribution in [2.45, 2.75) is 38.6 Å². The molecule has 116 valence electrons. The standard InChI is InChI=1S/C11H20N2O6S/c1-3-19-11(15)13-20(16,17)12-9-6-4-8(5-7-9)10(14)18-2/h8-9,12H,3-7H2,1-2H3,(H,13,15). The first-order valence-electron chi connectivity index (χ1n) is 6.42. The summed E-state index contributed by atoms with van der Waals surface area (Å²) in [4.78, 5) is 22.4. The molecule has 8 nitrogen and oxygen atoms in total. The summed E-state index contributed by atoms with van der Waals surface area (Å²) >= 11 is 0. The van der Waals surface area contributed by atoms with E-state index in [1.165, 1.54) is 7.11 Å². The third kappa shape index (κ3) is 5.33. The fraction of sp³-hybridized carbons (Fsp3) is 0.818. The monoisotopic (exact) mass is 308 g/mol. The first-order chi connectivity index (χ1) is 9.38. The molecule has 0 spiro atoms. The molecule has 2 N–H and O–H groups in total. The normalized spacial score (nSPS) is 22.9. The molecule has 1 saturated carbocycles. The zero-order valence-electron chi connectivity index (χ0n) is 11.5. The Kier molecular flexibility index (Phi) is 6.21. The van der Waals surface area contributed by atoms with Crippen LogP contribution in [-0.2, 0) is 24.5 Å². The molecular weight excluding hydrogens is 288 g/mol. The Labute approximate surface area is 118 Å². The number of hydrogen-bond donors (Lipinski definition) is 2. The molecule has 0 atom stereocenters. The summed E-state index contributed by atoms with van der Waals surface area (Å²) in [6, 6.07) is -0.303. The van der Waals surface area contributed by atoms with Crippen molar-refractivity contribution in [2.75, 3.05) is 13.7 Å². The van der Waals surface area contributed by atoms with Gasteiger partial charge in [-0.1, -0.05) is 0 Å². The summed E-state index contributed by atoms with van der Waals surface area (Å²) in [5.41, 5.74) is 0. The minimum absolute atomic E-state index is 0.0889. The quantitative estimate of drug-likeness (QED) is 0.707. The van der Waals surface area contributed by atoms with Gasteiger partial charge in [0, 0.05) is 6.04 Å². The van der Waals surface area contributed by atoms with Crippen LogP contribution in [0.25, 0.3) is 0 Å². The van der Waals surface area contributed by atoms with E-state index in [0.29, 0.717) is 25.7 Å². The van der Waals surface area contributed by atoms with Crippen molar-refractivity contribution in [1.29, 1.82) is 0 Å². The third-order valence-electron chi connectivity index (χ3n) is 3.08. The predicted octanol–water partition coefficient (Wildman–Crippen LogP) is 0.299. The Hall–Kier alpha value is -1.35. The van der Waals surface area contributed by atoms with E-state index in [2.05, 4.69) is 14.2 Å². The van der Waals surface area contributed by atoms with Crippen molar-refractivity contribution in [2.24, 2.45) is 5.92 Å². The maximum Gasteiger partial charge on any atom is 0.421 e. The minimum Gasteiger partial charge on any atom is -0.469 e. The number of esters is 1. The molecule has 0 radical (unpaired) electrons. The highest BCUT2D eigenvalue weighted by molar-refractivity contribution is 7.88. The van der Waals surface area contributed by atoms with E-state index < -0.39 is 16.3 Å². The van der Waals surface area contributed by atoms with Gasteiger partial charge in [0.25, 0.3) is 0 Å². The van der Waals surface area contributed by atoms with E-state index >= 15 is 0 Å². The Morgan fingerprint density at radius 1 is 1.20 bits per heavy atom. The second-order valence-electron chi connectivity index (χ2n) is 4.52. The number of hydrogen-bond acceptors (Lipinski definition) is 6. The van der Waals surface area contributed by atoms with Crippen molar-refractivity contribution in [3.05, 3.63) is 0 Å². The van der Waals surface area contributed by atoms with Gasteiger partial charge in [0.05, 0.1) is 19.6 Å². The van der Waals surface area contributed by atoms with Crippen LogP contribution < -0.4 is 9.44 Å². The van der Waals surface area contributed by atoms with Crippen LogP contribution in [-0.4, -0.2) is 40.2 Å². The lowest BCUT2D eigenvalue weighted by molar-refractivity contribution is -0.146. The van der Waals surface area contributed by atoms with Crippen LogP contribution in [0.4, 0.5) is 4.79 Å². The number of methoxy groups -OCH3 is 1. The van der Waals surface area contributed by atoms with Gasteiger partial charge in [-0.05, 0) is 32.6 Å². The molecule has 1 aliphatic rings. The van der Waals surface area contributed by atoms with Crippen molar-refractivity contribution >= 4 is 22.3 Å². The van der Waals surface area contributed by atoms with Gasteiger partial charge < -0.3 is 9.47 Å². The summed E-state index contributed by atoms with van der Waals surface area (Å²) in [5.74, 6) is -0.449. The fourth-order valence-corrected chi connectivity index (χ4v) is 3.14. The van der Waals surface area contributed by atoms with Crippen LogP contribution in [0.5, 0.6) is 0 Å². The van der Waals surface area contributed by atoms with E-state index in [1.54, 1.807) is 11.6 Å². The van der Waals surface area contributed by atoms with Crippen molar-refractivity contribution in [3.8, 4) is 0 Å². The predicted molar refractivity (Wildman–Crippen MR) is 70.0 cm³/mol. The molecule has 0 bridgehead atoms. The minimum atomic E-state index is -3.94. The smallest absolute Gasteiger partial charge is 0.421 e. The molecule has 1 fully saturated rings. The highest BCUT2D eigenvalue weighted by Crippen LogP contribution is 2.25. The molecule has 9 heteroatoms. The largest absolute Gasteiger partial charge is 0.469 e. The van der Waals surface area contributed by atoms with Gasteiger partial charge in [0.1, 0.15) is 0 Å². The van der Waals surface area contributed by atoms with Gasteiger partial charge in [0.15, 0.2) is 0 Å². The SMILES string of the molecule is CCOC(=O)NS(=O)(=O)NC1CCC(C(=O)OC)CC1. The Bertz CT molecular complexity index is 442. The second-order valence-corrected chi connectivity index (χ2v) is 5.96. The number of carbonyl (C=O) groups excluding carboxylic acids is 2. The van der Waals surface area contributed by atoms with Crippen LogP contribution >= 0.6 is 0 Å². The average molecular weight is 308 g/mol. The molecular formula is C11H20N2O6S. The molecule has 0 heterocycles. The number of nitrogens with one attached hydrogen (secondary N) is 2. The lowest BCUT2D eigenvalue weighted by atomic mass is 9.86. The van der Waals surface area contributed by atoms with Crippen molar-refractivity contribution in [1.82, 2.24) is 9.44 Å². The van der Waals surface area contributed by atoms with Gasteiger partial charge >= 0.3 is 22.3 Å². The van der Waals surface area contributed by atoms with Crippen LogP contribution in [0.3, 0.4) is 0 Å². The summed E-state index contributed by atoms with van der Waals surface area (Å²) in [5, 5.41) is 0. The molecule has 0 saturated heterocycles. The molecule has 20 heavy (non-hydrogen) atoms. The Balaban J connectivity index is 2.43. The van der Waals surface area contributed by atoms with Gasteiger partial charge in [-0.15, -0.1) is 0 Å². The molecule has 1 aliphatic carbocycles. The van der Waals surface area contributed by atoms with Crippen LogP contribution in [0.1, 0.15) is 32.6 Å². The van der Waals surface area contributed by atoms with Gasteiger partial charge in [-0.25, -0.2) is 9.52 Å². The summed E-state index contributed by atoms with van der Waals surface area (Å²) in [6.45, 7) is 1.67. The Morgan fingerprint density at radius 3 is 2.30 bits per heavy atom. The second kappa shape index (κ2) is 7.44. The van der Waals surface area contributed by atoms with Gasteiger partial charge in [-0.2, -0.15) is 13.1 Å². The number of ether oxygens (including phenoxy) is 2. The van der Waals surface area contributed by atoms with Crippen LogP contribution in [0, 0.1) is 5.92 Å². The number of amides is 1. The molecule has 0 aromatic carbocycles. The van der Waals surface area contributed by atoms with E-state index in [9.17, 15) is 18.0 Å². The molecule has 0 aliphatic heterocycles. The van der Waals surface area contributed by atoms with Gasteiger partial charge in [0.2, 0.25) is 0 Å². The summed E-state index contributed by atoms with van der Waals surface area (Å²) in [7, 11) is -2.60. The summed E-state index contributed by atoms with van der Waals surface area (Å²) in [6.07, 6.45) is 1.13. The molecule has 0 unspecified atom stereocenters. The molecule has 1 rings (SSSR count). The number of carbonyl (C=O) groups is 2. The first-order valence-corrected chi connectivity index (χ1v) is 7.91. The maximum atomic E-state index is 11.6. The van der Waals surface area contributed by atoms with Crippen molar-refractivity contribution < 1.29 is 27.5 Å². The average Bonchev–Trinajstić information content (AvgIpc) is 2.37. The first kappa shape index (κ1) is 16.7. The van der Waals surface area contributed by atoms with E-state index in [0.717, 1.165) is 0 Å². The van der Waals surface area contributed by atoms with Crippen LogP contribution in [0.2, 0.25) is 0 Å².